The number of nitrogens with one attached hydrogen (secondary N) is 2. The highest BCUT2D eigenvalue weighted by molar-refractivity contribution is 7.10. The predicted octanol–water partition coefficient (Wildman–Crippen LogP) is 3.43. The maximum atomic E-state index is 11.8. The van der Waals surface area contributed by atoms with Crippen molar-refractivity contribution in [1.82, 2.24) is 5.32 Å². The molecule has 2 amide bonds. The zero-order valence-corrected chi connectivity index (χ0v) is 12.5. The summed E-state index contributed by atoms with van der Waals surface area (Å²) in [6.07, 6.45) is 0. The topological polar surface area (TPSA) is 61.4 Å². The highest BCUT2D eigenvalue weighted by atomic mass is 35.5. The molecule has 1 aromatic heterocycles. The Morgan fingerprint density at radius 3 is 2.75 bits per heavy atom. The number of para-hydroxylation sites is 1. The summed E-state index contributed by atoms with van der Waals surface area (Å²) in [5.41, 5.74) is -0.561. The fraction of sp³-hybridized carbons (Fsp3) is 0.214. The number of hydrogen-bond acceptors (Lipinski definition) is 3. The Labute approximate surface area is 126 Å². The molecular weight excluding hydrogens is 296 g/mol. The number of aliphatic hydroxyl groups is 1. The van der Waals surface area contributed by atoms with Gasteiger partial charge in [0.2, 0.25) is 0 Å². The molecule has 0 bridgehead atoms. The summed E-state index contributed by atoms with van der Waals surface area (Å²) < 4.78 is 0. The lowest BCUT2D eigenvalue weighted by atomic mass is 10.1. The van der Waals surface area contributed by atoms with Gasteiger partial charge in [-0.15, -0.1) is 11.3 Å². The first kappa shape index (κ1) is 14.8. The number of amides is 2. The zero-order chi connectivity index (χ0) is 14.6. The van der Waals surface area contributed by atoms with Crippen LogP contribution in [-0.2, 0) is 5.60 Å². The van der Waals surface area contributed by atoms with Gasteiger partial charge in [-0.3, -0.25) is 0 Å². The van der Waals surface area contributed by atoms with Crippen molar-refractivity contribution in [2.24, 2.45) is 0 Å². The summed E-state index contributed by atoms with van der Waals surface area (Å²) in [6, 6.07) is 10.3. The second kappa shape index (κ2) is 6.26. The fourth-order valence-electron chi connectivity index (χ4n) is 1.65. The number of carbonyl (C=O) groups excluding carboxylic acids is 1. The van der Waals surface area contributed by atoms with Gasteiger partial charge < -0.3 is 15.7 Å². The normalized spacial score (nSPS) is 13.6. The number of urea groups is 1. The second-order valence-corrected chi connectivity index (χ2v) is 5.89. The maximum Gasteiger partial charge on any atom is 0.319 e. The van der Waals surface area contributed by atoms with Gasteiger partial charge in [0.25, 0.3) is 0 Å². The largest absolute Gasteiger partial charge is 0.383 e. The van der Waals surface area contributed by atoms with E-state index in [1.807, 2.05) is 17.5 Å². The van der Waals surface area contributed by atoms with E-state index in [0.29, 0.717) is 10.7 Å². The minimum atomic E-state index is -1.09. The first-order valence-electron chi connectivity index (χ1n) is 6.05. The molecule has 2 aromatic rings. The molecule has 20 heavy (non-hydrogen) atoms. The van der Waals surface area contributed by atoms with Crippen molar-refractivity contribution in [3.8, 4) is 0 Å². The number of carbonyl (C=O) groups is 1. The van der Waals surface area contributed by atoms with Gasteiger partial charge in [-0.25, -0.2) is 4.79 Å². The van der Waals surface area contributed by atoms with Crippen LogP contribution in [0.15, 0.2) is 41.8 Å². The Morgan fingerprint density at radius 2 is 2.10 bits per heavy atom. The predicted molar refractivity (Wildman–Crippen MR) is 82.4 cm³/mol. The minimum absolute atomic E-state index is 0.115. The quantitative estimate of drug-likeness (QED) is 0.810. The minimum Gasteiger partial charge on any atom is -0.383 e. The van der Waals surface area contributed by atoms with Crippen LogP contribution in [0, 0.1) is 0 Å². The van der Waals surface area contributed by atoms with Crippen molar-refractivity contribution in [3.63, 3.8) is 0 Å². The molecule has 106 valence electrons. The Kier molecular flexibility index (Phi) is 4.65. The van der Waals surface area contributed by atoms with Gasteiger partial charge in [-0.1, -0.05) is 29.8 Å². The van der Waals surface area contributed by atoms with Crippen molar-refractivity contribution < 1.29 is 9.90 Å². The lowest BCUT2D eigenvalue weighted by Crippen LogP contribution is -2.40. The summed E-state index contributed by atoms with van der Waals surface area (Å²) in [4.78, 5) is 12.6. The number of rotatable bonds is 4. The van der Waals surface area contributed by atoms with Crippen LogP contribution in [0.4, 0.5) is 10.5 Å². The van der Waals surface area contributed by atoms with Gasteiger partial charge in [-0.05, 0) is 30.5 Å². The lowest BCUT2D eigenvalue weighted by molar-refractivity contribution is 0.0637. The Morgan fingerprint density at radius 1 is 1.35 bits per heavy atom. The van der Waals surface area contributed by atoms with E-state index in [1.165, 1.54) is 11.3 Å². The molecule has 1 heterocycles. The third-order valence-electron chi connectivity index (χ3n) is 2.77. The molecule has 6 heteroatoms. The van der Waals surface area contributed by atoms with E-state index >= 15 is 0 Å². The van der Waals surface area contributed by atoms with E-state index in [9.17, 15) is 9.90 Å². The van der Waals surface area contributed by atoms with Crippen molar-refractivity contribution in [2.75, 3.05) is 11.9 Å². The van der Waals surface area contributed by atoms with Crippen LogP contribution in [0.3, 0.4) is 0 Å². The van der Waals surface area contributed by atoms with E-state index < -0.39 is 11.6 Å². The molecule has 0 radical (unpaired) electrons. The van der Waals surface area contributed by atoms with Gasteiger partial charge in [0.1, 0.15) is 5.60 Å². The van der Waals surface area contributed by atoms with E-state index in [0.717, 1.165) is 4.88 Å². The van der Waals surface area contributed by atoms with Gasteiger partial charge in [-0.2, -0.15) is 0 Å². The van der Waals surface area contributed by atoms with Crippen LogP contribution < -0.4 is 10.6 Å². The van der Waals surface area contributed by atoms with Crippen LogP contribution in [-0.4, -0.2) is 17.7 Å². The molecule has 0 saturated carbocycles. The van der Waals surface area contributed by atoms with Crippen molar-refractivity contribution >= 4 is 34.7 Å². The number of benzene rings is 1. The van der Waals surface area contributed by atoms with Gasteiger partial charge in [0.05, 0.1) is 17.3 Å². The maximum absolute atomic E-state index is 11.8. The molecule has 1 atom stereocenters. The van der Waals surface area contributed by atoms with Crippen LogP contribution in [0.5, 0.6) is 0 Å². The first-order valence-corrected chi connectivity index (χ1v) is 7.30. The van der Waals surface area contributed by atoms with Crippen LogP contribution in [0.25, 0.3) is 0 Å². The fourth-order valence-corrected chi connectivity index (χ4v) is 2.62. The number of hydrogen-bond donors (Lipinski definition) is 3. The standard InChI is InChI=1S/C14H15ClN2O2S/c1-14(19,12-7-4-8-20-12)9-16-13(18)17-11-6-3-2-5-10(11)15/h2-8,19H,9H2,1H3,(H2,16,17,18). The van der Waals surface area contributed by atoms with E-state index in [-0.39, 0.29) is 6.54 Å². The van der Waals surface area contributed by atoms with E-state index in [2.05, 4.69) is 10.6 Å². The Balaban J connectivity index is 1.91. The van der Waals surface area contributed by atoms with Gasteiger partial charge in [0.15, 0.2) is 0 Å². The van der Waals surface area contributed by atoms with Crippen LogP contribution >= 0.6 is 22.9 Å². The molecule has 2 rings (SSSR count). The zero-order valence-electron chi connectivity index (χ0n) is 10.9. The average molecular weight is 311 g/mol. The van der Waals surface area contributed by atoms with Crippen molar-refractivity contribution in [3.05, 3.63) is 51.7 Å². The molecule has 4 nitrogen and oxygen atoms in total. The molecule has 0 spiro atoms. The summed E-state index contributed by atoms with van der Waals surface area (Å²) >= 11 is 7.39. The average Bonchev–Trinajstić information content (AvgIpc) is 2.94. The highest BCUT2D eigenvalue weighted by Crippen LogP contribution is 2.24. The summed E-state index contributed by atoms with van der Waals surface area (Å²) in [5.74, 6) is 0. The third kappa shape index (κ3) is 3.72. The number of thiophene rings is 1. The monoisotopic (exact) mass is 310 g/mol. The molecule has 3 N–H and O–H groups in total. The SMILES string of the molecule is CC(O)(CNC(=O)Nc1ccccc1Cl)c1cccs1. The molecule has 0 fully saturated rings. The molecule has 1 unspecified atom stereocenters. The van der Waals surface area contributed by atoms with E-state index in [1.54, 1.807) is 31.2 Å². The lowest BCUT2D eigenvalue weighted by Gasteiger charge is -2.22. The Bertz CT molecular complexity index is 585. The van der Waals surface area contributed by atoms with Crippen molar-refractivity contribution in [2.45, 2.75) is 12.5 Å². The van der Waals surface area contributed by atoms with Gasteiger partial charge >= 0.3 is 6.03 Å². The summed E-state index contributed by atoms with van der Waals surface area (Å²) in [6.45, 7) is 1.78. The third-order valence-corrected chi connectivity index (χ3v) is 4.22. The van der Waals surface area contributed by atoms with Crippen LogP contribution in [0.2, 0.25) is 5.02 Å². The molecule has 1 aromatic carbocycles. The molecular formula is C14H15ClN2O2S. The highest BCUT2D eigenvalue weighted by Gasteiger charge is 2.24. The summed E-state index contributed by atoms with van der Waals surface area (Å²) in [7, 11) is 0. The smallest absolute Gasteiger partial charge is 0.319 e. The second-order valence-electron chi connectivity index (χ2n) is 4.54. The van der Waals surface area contributed by atoms with Gasteiger partial charge in [0, 0.05) is 4.88 Å². The Hall–Kier alpha value is -1.56. The first-order chi connectivity index (χ1) is 9.49. The van der Waals surface area contributed by atoms with Crippen LogP contribution in [0.1, 0.15) is 11.8 Å². The molecule has 0 aliphatic rings. The number of halogens is 1. The number of anilines is 1. The molecule has 0 aliphatic heterocycles. The van der Waals surface area contributed by atoms with E-state index in [4.69, 9.17) is 11.6 Å². The summed E-state index contributed by atoms with van der Waals surface area (Å²) in [5, 5.41) is 17.9. The van der Waals surface area contributed by atoms with Crippen molar-refractivity contribution in [1.29, 1.82) is 0 Å². The molecule has 0 saturated heterocycles. The molecule has 0 aliphatic carbocycles.